The van der Waals surface area contributed by atoms with Gasteiger partial charge in [0.1, 0.15) is 0 Å². The summed E-state index contributed by atoms with van der Waals surface area (Å²) in [6.45, 7) is 2.08. The predicted octanol–water partition coefficient (Wildman–Crippen LogP) is 4.04. The van der Waals surface area contributed by atoms with E-state index in [4.69, 9.17) is 0 Å². The van der Waals surface area contributed by atoms with Gasteiger partial charge in [-0.05, 0) is 47.7 Å². The molecule has 1 saturated carbocycles. The third kappa shape index (κ3) is 2.59. The van der Waals surface area contributed by atoms with E-state index in [2.05, 4.69) is 28.9 Å². The van der Waals surface area contributed by atoms with Gasteiger partial charge in [-0.3, -0.25) is 0 Å². The van der Waals surface area contributed by atoms with E-state index in [-0.39, 0.29) is 6.10 Å². The molecule has 1 N–H and O–H groups in total. The molecule has 1 atom stereocenters. The van der Waals surface area contributed by atoms with Gasteiger partial charge in [-0.2, -0.15) is 0 Å². The highest BCUT2D eigenvalue weighted by molar-refractivity contribution is 9.10. The quantitative estimate of drug-likeness (QED) is 0.879. The summed E-state index contributed by atoms with van der Waals surface area (Å²) in [5.41, 5.74) is 0. The fraction of sp³-hybridized carbons (Fsp3) is 0.636. The van der Waals surface area contributed by atoms with E-state index in [1.165, 1.54) is 24.1 Å². The molecule has 1 aliphatic rings. The Morgan fingerprint density at radius 1 is 1.64 bits per heavy atom. The molecule has 0 amide bonds. The van der Waals surface area contributed by atoms with E-state index < -0.39 is 0 Å². The molecular formula is C11H15BrOS. The maximum Gasteiger partial charge on any atom is 0.0882 e. The molecular weight excluding hydrogens is 260 g/mol. The first-order chi connectivity index (χ1) is 6.66. The van der Waals surface area contributed by atoms with Crippen LogP contribution in [0.2, 0.25) is 0 Å². The van der Waals surface area contributed by atoms with Crippen molar-refractivity contribution in [3.63, 3.8) is 0 Å². The number of thiophene rings is 1. The Kier molecular flexibility index (Phi) is 3.30. The number of halogens is 1. The summed E-state index contributed by atoms with van der Waals surface area (Å²) in [6.07, 6.45) is 4.62. The van der Waals surface area contributed by atoms with Gasteiger partial charge in [0.05, 0.1) is 6.10 Å². The molecule has 1 fully saturated rings. The van der Waals surface area contributed by atoms with Gasteiger partial charge >= 0.3 is 0 Å². The average molecular weight is 275 g/mol. The molecule has 1 aliphatic carbocycles. The minimum absolute atomic E-state index is 0.245. The van der Waals surface area contributed by atoms with Crippen molar-refractivity contribution in [2.75, 3.05) is 0 Å². The number of hydrogen-bond donors (Lipinski definition) is 1. The SMILES string of the molecule is Cc1sc(C(O)CCC2CC2)cc1Br. The Balaban J connectivity index is 1.91. The molecule has 1 heterocycles. The largest absolute Gasteiger partial charge is 0.388 e. The topological polar surface area (TPSA) is 20.2 Å². The van der Waals surface area contributed by atoms with E-state index in [0.29, 0.717) is 0 Å². The summed E-state index contributed by atoms with van der Waals surface area (Å²) < 4.78 is 1.13. The molecule has 0 aliphatic heterocycles. The first-order valence-corrected chi connectivity index (χ1v) is 6.71. The van der Waals surface area contributed by atoms with Crippen LogP contribution in [0.15, 0.2) is 10.5 Å². The summed E-state index contributed by atoms with van der Waals surface area (Å²) in [6, 6.07) is 2.05. The van der Waals surface area contributed by atoms with Crippen molar-refractivity contribution in [3.05, 3.63) is 20.3 Å². The zero-order valence-electron chi connectivity index (χ0n) is 8.29. The van der Waals surface area contributed by atoms with E-state index in [1.807, 2.05) is 0 Å². The summed E-state index contributed by atoms with van der Waals surface area (Å²) in [5.74, 6) is 0.911. The molecule has 14 heavy (non-hydrogen) atoms. The van der Waals surface area contributed by atoms with Crippen LogP contribution < -0.4 is 0 Å². The molecule has 1 aromatic heterocycles. The summed E-state index contributed by atoms with van der Waals surface area (Å²) >= 11 is 5.17. The van der Waals surface area contributed by atoms with Crippen LogP contribution >= 0.6 is 27.3 Å². The van der Waals surface area contributed by atoms with E-state index in [9.17, 15) is 5.11 Å². The Labute approximate surface area is 97.3 Å². The minimum Gasteiger partial charge on any atom is -0.388 e. The van der Waals surface area contributed by atoms with Crippen molar-refractivity contribution in [1.29, 1.82) is 0 Å². The summed E-state index contributed by atoms with van der Waals surface area (Å²) in [5, 5.41) is 9.92. The highest BCUT2D eigenvalue weighted by Crippen LogP contribution is 2.38. The molecule has 1 aromatic rings. The molecule has 0 saturated heterocycles. The van der Waals surface area contributed by atoms with Gasteiger partial charge in [-0.1, -0.05) is 12.8 Å². The van der Waals surface area contributed by atoms with Gasteiger partial charge in [-0.15, -0.1) is 11.3 Å². The maximum atomic E-state index is 9.92. The zero-order chi connectivity index (χ0) is 10.1. The van der Waals surface area contributed by atoms with Gasteiger partial charge in [0.15, 0.2) is 0 Å². The minimum atomic E-state index is -0.245. The molecule has 0 spiro atoms. The molecule has 78 valence electrons. The lowest BCUT2D eigenvalue weighted by Crippen LogP contribution is -1.94. The van der Waals surface area contributed by atoms with Crippen LogP contribution in [0.4, 0.5) is 0 Å². The number of aryl methyl sites for hydroxylation is 1. The first kappa shape index (κ1) is 10.7. The lowest BCUT2D eigenvalue weighted by molar-refractivity contribution is 0.166. The second-order valence-electron chi connectivity index (χ2n) is 4.09. The molecule has 1 nitrogen and oxygen atoms in total. The third-order valence-electron chi connectivity index (χ3n) is 2.75. The van der Waals surface area contributed by atoms with E-state index >= 15 is 0 Å². The van der Waals surface area contributed by atoms with Crippen LogP contribution in [0.1, 0.15) is 41.5 Å². The molecule has 0 aromatic carbocycles. The van der Waals surface area contributed by atoms with Crippen molar-refractivity contribution < 1.29 is 5.11 Å². The number of aliphatic hydroxyl groups excluding tert-OH is 1. The Morgan fingerprint density at radius 3 is 2.86 bits per heavy atom. The van der Waals surface area contributed by atoms with Crippen LogP contribution in [0, 0.1) is 12.8 Å². The summed E-state index contributed by atoms with van der Waals surface area (Å²) in [7, 11) is 0. The Morgan fingerprint density at radius 2 is 2.36 bits per heavy atom. The van der Waals surface area contributed by atoms with Crippen LogP contribution in [0.25, 0.3) is 0 Å². The van der Waals surface area contributed by atoms with Crippen LogP contribution in [-0.4, -0.2) is 5.11 Å². The normalized spacial score (nSPS) is 18.5. The van der Waals surface area contributed by atoms with Crippen molar-refractivity contribution in [2.45, 2.75) is 38.7 Å². The van der Waals surface area contributed by atoms with Gasteiger partial charge in [0.2, 0.25) is 0 Å². The standard InChI is InChI=1S/C11H15BrOS/c1-7-9(12)6-11(14-7)10(13)5-4-8-2-3-8/h6,8,10,13H,2-5H2,1H3. The van der Waals surface area contributed by atoms with Gasteiger partial charge in [0, 0.05) is 14.2 Å². The van der Waals surface area contributed by atoms with Gasteiger partial charge < -0.3 is 5.11 Å². The lowest BCUT2D eigenvalue weighted by Gasteiger charge is -2.06. The van der Waals surface area contributed by atoms with Crippen molar-refractivity contribution >= 4 is 27.3 Å². The molecule has 0 bridgehead atoms. The fourth-order valence-electron chi connectivity index (χ4n) is 1.59. The van der Waals surface area contributed by atoms with Crippen molar-refractivity contribution in [1.82, 2.24) is 0 Å². The fourth-order valence-corrected chi connectivity index (χ4v) is 3.17. The molecule has 3 heteroatoms. The molecule has 0 radical (unpaired) electrons. The zero-order valence-corrected chi connectivity index (χ0v) is 10.7. The van der Waals surface area contributed by atoms with E-state index in [1.54, 1.807) is 11.3 Å². The van der Waals surface area contributed by atoms with E-state index in [0.717, 1.165) is 21.7 Å². The first-order valence-electron chi connectivity index (χ1n) is 5.10. The monoisotopic (exact) mass is 274 g/mol. The third-order valence-corrected chi connectivity index (χ3v) is 4.99. The Hall–Kier alpha value is 0.140. The van der Waals surface area contributed by atoms with Crippen LogP contribution in [0.5, 0.6) is 0 Å². The number of hydrogen-bond acceptors (Lipinski definition) is 2. The van der Waals surface area contributed by atoms with Crippen LogP contribution in [-0.2, 0) is 0 Å². The number of aliphatic hydroxyl groups is 1. The Bertz CT molecular complexity index is 298. The number of rotatable bonds is 4. The maximum absolute atomic E-state index is 9.92. The molecule has 2 rings (SSSR count). The molecule has 1 unspecified atom stereocenters. The average Bonchev–Trinajstić information content (AvgIpc) is 2.91. The van der Waals surface area contributed by atoms with Crippen molar-refractivity contribution in [3.8, 4) is 0 Å². The highest BCUT2D eigenvalue weighted by Gasteiger charge is 2.23. The smallest absolute Gasteiger partial charge is 0.0882 e. The summed E-state index contributed by atoms with van der Waals surface area (Å²) in [4.78, 5) is 2.36. The lowest BCUT2D eigenvalue weighted by atomic mass is 10.1. The van der Waals surface area contributed by atoms with Gasteiger partial charge in [-0.25, -0.2) is 0 Å². The predicted molar refractivity (Wildman–Crippen MR) is 63.7 cm³/mol. The van der Waals surface area contributed by atoms with Gasteiger partial charge in [0.25, 0.3) is 0 Å². The second kappa shape index (κ2) is 4.33. The highest BCUT2D eigenvalue weighted by atomic mass is 79.9. The van der Waals surface area contributed by atoms with Crippen LogP contribution in [0.3, 0.4) is 0 Å². The van der Waals surface area contributed by atoms with Crippen molar-refractivity contribution in [2.24, 2.45) is 5.92 Å². The second-order valence-corrected chi connectivity index (χ2v) is 6.23.